The quantitative estimate of drug-likeness (QED) is 0.649. The Bertz CT molecular complexity index is 452. The molecule has 0 aromatic heterocycles. The highest BCUT2D eigenvalue weighted by Gasteiger charge is 2.55. The van der Waals surface area contributed by atoms with E-state index < -0.39 is 10.7 Å². The molecule has 0 bridgehead atoms. The molecule has 1 fully saturated rings. The summed E-state index contributed by atoms with van der Waals surface area (Å²) in [5.74, 6) is -0.293. The van der Waals surface area contributed by atoms with Crippen LogP contribution in [0.1, 0.15) is 18.4 Å². The molecule has 1 saturated carbocycles. The summed E-state index contributed by atoms with van der Waals surface area (Å²) in [6.07, 6.45) is 1.10. The second-order valence-corrected chi connectivity index (χ2v) is 4.52. The second kappa shape index (κ2) is 3.91. The Morgan fingerprint density at radius 3 is 2.56 bits per heavy atom. The Kier molecular flexibility index (Phi) is 2.72. The molecule has 2 rings (SSSR count). The van der Waals surface area contributed by atoms with E-state index in [2.05, 4.69) is 5.32 Å². The summed E-state index contributed by atoms with van der Waals surface area (Å²) >= 11 is 5.42. The van der Waals surface area contributed by atoms with E-state index in [1.54, 1.807) is 6.07 Å². The monoisotopic (exact) mass is 237 g/mol. The number of rotatable bonds is 3. The maximum absolute atomic E-state index is 11.8. The highest BCUT2D eigenvalue weighted by Crippen LogP contribution is 2.48. The zero-order chi connectivity index (χ0) is 11.8. The number of amides is 1. The van der Waals surface area contributed by atoms with Crippen LogP contribution in [0.25, 0.3) is 0 Å². The summed E-state index contributed by atoms with van der Waals surface area (Å²) in [4.78, 5) is 23.0. The van der Waals surface area contributed by atoms with Gasteiger partial charge in [-0.05, 0) is 49.1 Å². The minimum absolute atomic E-state index is 0.293. The Morgan fingerprint density at radius 1 is 1.38 bits per heavy atom. The minimum atomic E-state index is -0.967. The number of aryl methyl sites for hydroxylation is 1. The van der Waals surface area contributed by atoms with Gasteiger partial charge in [0.15, 0.2) is 0 Å². The van der Waals surface area contributed by atoms with Gasteiger partial charge in [-0.3, -0.25) is 9.59 Å². The predicted molar refractivity (Wildman–Crippen MR) is 62.3 cm³/mol. The van der Waals surface area contributed by atoms with Gasteiger partial charge in [-0.2, -0.15) is 0 Å². The molecule has 16 heavy (non-hydrogen) atoms. The van der Waals surface area contributed by atoms with Gasteiger partial charge in [0.25, 0.3) is 0 Å². The molecule has 4 heteroatoms. The highest BCUT2D eigenvalue weighted by atomic mass is 35.5. The lowest BCUT2D eigenvalue weighted by Crippen LogP contribution is -2.28. The van der Waals surface area contributed by atoms with E-state index in [1.165, 1.54) is 0 Å². The molecule has 0 spiro atoms. The van der Waals surface area contributed by atoms with Crippen LogP contribution in [0.2, 0.25) is 0 Å². The standard InChI is InChI=1S/C12H12ClNO2/c1-8-3-2-4-9(7-8)14-11(16)12(5-6-12)10(13)15/h2-4,7H,5-6H2,1H3,(H,14,16). The number of nitrogens with one attached hydrogen (secondary N) is 1. The van der Waals surface area contributed by atoms with Crippen molar-refractivity contribution < 1.29 is 9.59 Å². The molecule has 0 unspecified atom stereocenters. The molecule has 0 aliphatic heterocycles. The lowest BCUT2D eigenvalue weighted by molar-refractivity contribution is -0.128. The van der Waals surface area contributed by atoms with Crippen molar-refractivity contribution in [2.75, 3.05) is 5.32 Å². The first-order valence-electron chi connectivity index (χ1n) is 5.13. The lowest BCUT2D eigenvalue weighted by atomic mass is 10.1. The Morgan fingerprint density at radius 2 is 2.06 bits per heavy atom. The molecule has 0 radical (unpaired) electrons. The number of benzene rings is 1. The van der Waals surface area contributed by atoms with Crippen molar-refractivity contribution in [3.05, 3.63) is 29.8 Å². The fraction of sp³-hybridized carbons (Fsp3) is 0.333. The number of carbonyl (C=O) groups excluding carboxylic acids is 2. The van der Waals surface area contributed by atoms with Crippen LogP contribution in [0, 0.1) is 12.3 Å². The molecule has 1 aromatic carbocycles. The van der Waals surface area contributed by atoms with Crippen LogP contribution in [0.5, 0.6) is 0 Å². The third-order valence-electron chi connectivity index (χ3n) is 2.84. The summed E-state index contributed by atoms with van der Waals surface area (Å²) in [7, 11) is 0. The summed E-state index contributed by atoms with van der Waals surface area (Å²) < 4.78 is 0. The average Bonchev–Trinajstić information content (AvgIpc) is 2.97. The fourth-order valence-corrected chi connectivity index (χ4v) is 1.89. The van der Waals surface area contributed by atoms with E-state index in [-0.39, 0.29) is 5.91 Å². The Labute approximate surface area is 98.8 Å². The highest BCUT2D eigenvalue weighted by molar-refractivity contribution is 6.67. The third-order valence-corrected chi connectivity index (χ3v) is 3.20. The normalized spacial score (nSPS) is 16.6. The van der Waals surface area contributed by atoms with Crippen molar-refractivity contribution >= 4 is 28.4 Å². The topological polar surface area (TPSA) is 46.2 Å². The van der Waals surface area contributed by atoms with Gasteiger partial charge in [0, 0.05) is 5.69 Å². The molecule has 1 aliphatic rings. The third kappa shape index (κ3) is 1.95. The van der Waals surface area contributed by atoms with Crippen LogP contribution in [0.3, 0.4) is 0 Å². The van der Waals surface area contributed by atoms with Gasteiger partial charge < -0.3 is 5.32 Å². The van der Waals surface area contributed by atoms with Crippen LogP contribution in [0.4, 0.5) is 5.69 Å². The van der Waals surface area contributed by atoms with Gasteiger partial charge in [0.05, 0.1) is 0 Å². The first-order valence-corrected chi connectivity index (χ1v) is 5.50. The zero-order valence-electron chi connectivity index (χ0n) is 8.92. The molecule has 1 N–H and O–H groups in total. The minimum Gasteiger partial charge on any atom is -0.325 e. The number of hydrogen-bond donors (Lipinski definition) is 1. The molecule has 1 aliphatic carbocycles. The largest absolute Gasteiger partial charge is 0.325 e. The molecular weight excluding hydrogens is 226 g/mol. The van der Waals surface area contributed by atoms with Gasteiger partial charge >= 0.3 is 0 Å². The van der Waals surface area contributed by atoms with Crippen molar-refractivity contribution in [3.8, 4) is 0 Å². The first kappa shape index (κ1) is 11.1. The number of hydrogen-bond acceptors (Lipinski definition) is 2. The molecule has 84 valence electrons. The SMILES string of the molecule is Cc1cccc(NC(=O)C2(C(=O)Cl)CC2)c1. The maximum Gasteiger partial charge on any atom is 0.239 e. The molecule has 0 heterocycles. The van der Waals surface area contributed by atoms with E-state index in [0.29, 0.717) is 18.5 Å². The molecule has 1 aromatic rings. The van der Waals surface area contributed by atoms with Crippen LogP contribution < -0.4 is 5.32 Å². The smallest absolute Gasteiger partial charge is 0.239 e. The summed E-state index contributed by atoms with van der Waals surface area (Å²) in [5, 5.41) is 2.16. The summed E-state index contributed by atoms with van der Waals surface area (Å²) in [5.41, 5.74) is 0.791. The van der Waals surface area contributed by atoms with Crippen LogP contribution in [-0.2, 0) is 9.59 Å². The number of carbonyl (C=O) groups is 2. The van der Waals surface area contributed by atoms with Crippen molar-refractivity contribution in [2.24, 2.45) is 5.41 Å². The van der Waals surface area contributed by atoms with E-state index in [4.69, 9.17) is 11.6 Å². The number of halogens is 1. The van der Waals surface area contributed by atoms with Crippen molar-refractivity contribution in [2.45, 2.75) is 19.8 Å². The summed E-state index contributed by atoms with van der Waals surface area (Å²) in [6, 6.07) is 7.44. The van der Waals surface area contributed by atoms with E-state index in [1.807, 2.05) is 25.1 Å². The van der Waals surface area contributed by atoms with Crippen molar-refractivity contribution in [1.82, 2.24) is 0 Å². The summed E-state index contributed by atoms with van der Waals surface area (Å²) in [6.45, 7) is 1.94. The molecular formula is C12H12ClNO2. The van der Waals surface area contributed by atoms with Gasteiger partial charge in [-0.25, -0.2) is 0 Å². The second-order valence-electron chi connectivity index (χ2n) is 4.18. The molecule has 1 amide bonds. The van der Waals surface area contributed by atoms with Crippen molar-refractivity contribution in [1.29, 1.82) is 0 Å². The molecule has 3 nitrogen and oxygen atoms in total. The molecule has 0 atom stereocenters. The number of anilines is 1. The van der Waals surface area contributed by atoms with Gasteiger partial charge in [-0.1, -0.05) is 12.1 Å². The lowest BCUT2D eigenvalue weighted by Gasteiger charge is -2.11. The van der Waals surface area contributed by atoms with Crippen LogP contribution in [0.15, 0.2) is 24.3 Å². The van der Waals surface area contributed by atoms with Gasteiger partial charge in [0.2, 0.25) is 11.1 Å². The maximum atomic E-state index is 11.8. The van der Waals surface area contributed by atoms with E-state index in [0.717, 1.165) is 5.56 Å². The predicted octanol–water partition coefficient (Wildman–Crippen LogP) is 2.48. The van der Waals surface area contributed by atoms with E-state index in [9.17, 15) is 9.59 Å². The Balaban J connectivity index is 2.11. The van der Waals surface area contributed by atoms with Crippen LogP contribution in [-0.4, -0.2) is 11.1 Å². The van der Waals surface area contributed by atoms with E-state index >= 15 is 0 Å². The Hall–Kier alpha value is -1.35. The van der Waals surface area contributed by atoms with Gasteiger partial charge in [0.1, 0.15) is 5.41 Å². The fourth-order valence-electron chi connectivity index (χ4n) is 1.61. The van der Waals surface area contributed by atoms with Gasteiger partial charge in [-0.15, -0.1) is 0 Å². The van der Waals surface area contributed by atoms with Crippen molar-refractivity contribution in [3.63, 3.8) is 0 Å². The van der Waals surface area contributed by atoms with Crippen LogP contribution >= 0.6 is 11.6 Å². The average molecular weight is 238 g/mol. The zero-order valence-corrected chi connectivity index (χ0v) is 9.67. The molecule has 0 saturated heterocycles. The first-order chi connectivity index (χ1) is 7.54.